The van der Waals surface area contributed by atoms with E-state index in [-0.39, 0.29) is 17.8 Å². The Morgan fingerprint density at radius 2 is 2.12 bits per heavy atom. The van der Waals surface area contributed by atoms with E-state index in [2.05, 4.69) is 4.98 Å². The summed E-state index contributed by atoms with van der Waals surface area (Å²) in [6.07, 6.45) is 1.59. The molecule has 2 aromatic rings. The van der Waals surface area contributed by atoms with Gasteiger partial charge in [-0.1, -0.05) is 30.3 Å². The van der Waals surface area contributed by atoms with Crippen LogP contribution in [0.4, 0.5) is 0 Å². The molecule has 2 heterocycles. The SMILES string of the molecule is CCOC(=O)C1CCCN(C(=O)c2scnc2-c2ccccc2)C1. The van der Waals surface area contributed by atoms with Crippen LogP contribution in [0.3, 0.4) is 0 Å². The molecule has 1 atom stereocenters. The van der Waals surface area contributed by atoms with Crippen molar-refractivity contribution < 1.29 is 14.3 Å². The first kappa shape index (κ1) is 16.6. The van der Waals surface area contributed by atoms with E-state index in [1.54, 1.807) is 17.3 Å². The van der Waals surface area contributed by atoms with Crippen LogP contribution in [0.5, 0.6) is 0 Å². The summed E-state index contributed by atoms with van der Waals surface area (Å²) in [5, 5.41) is 0. The minimum atomic E-state index is -0.226. The summed E-state index contributed by atoms with van der Waals surface area (Å²) in [5.74, 6) is -0.483. The van der Waals surface area contributed by atoms with Crippen molar-refractivity contribution in [1.29, 1.82) is 0 Å². The lowest BCUT2D eigenvalue weighted by atomic mass is 9.98. The summed E-state index contributed by atoms with van der Waals surface area (Å²) < 4.78 is 5.11. The standard InChI is InChI=1S/C18H20N2O3S/c1-2-23-18(22)14-9-6-10-20(11-14)17(21)16-15(19-12-24-16)13-7-4-3-5-8-13/h3-5,7-8,12,14H,2,6,9-11H2,1H3. The van der Waals surface area contributed by atoms with E-state index in [1.165, 1.54) is 11.3 Å². The zero-order valence-corrected chi connectivity index (χ0v) is 14.4. The van der Waals surface area contributed by atoms with Gasteiger partial charge < -0.3 is 9.64 Å². The normalized spacial score (nSPS) is 17.5. The predicted molar refractivity (Wildman–Crippen MR) is 92.8 cm³/mol. The second-order valence-corrected chi connectivity index (χ2v) is 6.59. The molecule has 1 aromatic heterocycles. The van der Waals surface area contributed by atoms with Crippen LogP contribution in [0.1, 0.15) is 29.4 Å². The number of likely N-dealkylation sites (tertiary alicyclic amines) is 1. The third-order valence-electron chi connectivity index (χ3n) is 4.14. The van der Waals surface area contributed by atoms with Crippen LogP contribution in [0.15, 0.2) is 35.8 Å². The van der Waals surface area contributed by atoms with Crippen LogP contribution >= 0.6 is 11.3 Å². The Labute approximate surface area is 145 Å². The fourth-order valence-corrected chi connectivity index (χ4v) is 3.73. The van der Waals surface area contributed by atoms with Crippen molar-refractivity contribution in [2.45, 2.75) is 19.8 Å². The topological polar surface area (TPSA) is 59.5 Å². The number of benzene rings is 1. The van der Waals surface area contributed by atoms with Gasteiger partial charge in [0, 0.05) is 18.7 Å². The second-order valence-electron chi connectivity index (χ2n) is 5.74. The number of hydrogen-bond donors (Lipinski definition) is 0. The first-order valence-electron chi connectivity index (χ1n) is 8.15. The van der Waals surface area contributed by atoms with Crippen molar-refractivity contribution in [2.75, 3.05) is 19.7 Å². The number of carbonyl (C=O) groups is 2. The number of nitrogens with zero attached hydrogens (tertiary/aromatic N) is 2. The average Bonchev–Trinajstić information content (AvgIpc) is 3.12. The van der Waals surface area contributed by atoms with E-state index >= 15 is 0 Å². The molecule has 6 heteroatoms. The maximum Gasteiger partial charge on any atom is 0.310 e. The number of rotatable bonds is 4. The number of amides is 1. The molecule has 126 valence electrons. The lowest BCUT2D eigenvalue weighted by Crippen LogP contribution is -2.42. The molecule has 0 N–H and O–H groups in total. The molecule has 1 saturated heterocycles. The van der Waals surface area contributed by atoms with Crippen LogP contribution in [0, 0.1) is 5.92 Å². The molecule has 1 amide bonds. The lowest BCUT2D eigenvalue weighted by Gasteiger charge is -2.31. The molecule has 1 unspecified atom stereocenters. The van der Waals surface area contributed by atoms with Gasteiger partial charge in [0.2, 0.25) is 0 Å². The van der Waals surface area contributed by atoms with Gasteiger partial charge in [-0.2, -0.15) is 0 Å². The van der Waals surface area contributed by atoms with Crippen molar-refractivity contribution in [1.82, 2.24) is 9.88 Å². The van der Waals surface area contributed by atoms with E-state index < -0.39 is 0 Å². The number of thiazole rings is 1. The molecule has 0 radical (unpaired) electrons. The monoisotopic (exact) mass is 344 g/mol. The second kappa shape index (κ2) is 7.57. The highest BCUT2D eigenvalue weighted by molar-refractivity contribution is 7.12. The Kier molecular flexibility index (Phi) is 5.25. The first-order valence-corrected chi connectivity index (χ1v) is 9.03. The summed E-state index contributed by atoms with van der Waals surface area (Å²) in [6.45, 7) is 3.26. The zero-order chi connectivity index (χ0) is 16.9. The molecule has 3 rings (SSSR count). The summed E-state index contributed by atoms with van der Waals surface area (Å²) in [7, 11) is 0. The minimum Gasteiger partial charge on any atom is -0.466 e. The number of carbonyl (C=O) groups excluding carboxylic acids is 2. The van der Waals surface area contributed by atoms with E-state index in [0.29, 0.717) is 30.3 Å². The molecule has 24 heavy (non-hydrogen) atoms. The lowest BCUT2D eigenvalue weighted by molar-refractivity contribution is -0.149. The van der Waals surface area contributed by atoms with Crippen LogP contribution in [0.2, 0.25) is 0 Å². The third-order valence-corrected chi connectivity index (χ3v) is 4.95. The van der Waals surface area contributed by atoms with Crippen molar-refractivity contribution in [3.63, 3.8) is 0 Å². The molecule has 1 aliphatic heterocycles. The number of esters is 1. The van der Waals surface area contributed by atoms with E-state index in [1.807, 2.05) is 30.3 Å². The molecule has 5 nitrogen and oxygen atoms in total. The predicted octanol–water partition coefficient (Wildman–Crippen LogP) is 3.23. The Balaban J connectivity index is 1.78. The molecule has 0 spiro atoms. The van der Waals surface area contributed by atoms with Crippen LogP contribution in [-0.2, 0) is 9.53 Å². The van der Waals surface area contributed by atoms with E-state index in [9.17, 15) is 9.59 Å². The van der Waals surface area contributed by atoms with Gasteiger partial charge in [0.15, 0.2) is 0 Å². The van der Waals surface area contributed by atoms with Gasteiger partial charge in [-0.3, -0.25) is 9.59 Å². The average molecular weight is 344 g/mol. The third kappa shape index (κ3) is 3.48. The number of ether oxygens (including phenoxy) is 1. The van der Waals surface area contributed by atoms with Crippen molar-refractivity contribution in [3.8, 4) is 11.3 Å². The zero-order valence-electron chi connectivity index (χ0n) is 13.6. The van der Waals surface area contributed by atoms with Crippen molar-refractivity contribution >= 4 is 23.2 Å². The van der Waals surface area contributed by atoms with Gasteiger partial charge in [0.1, 0.15) is 4.88 Å². The quantitative estimate of drug-likeness (QED) is 0.799. The van der Waals surface area contributed by atoms with Gasteiger partial charge >= 0.3 is 5.97 Å². The molecule has 0 saturated carbocycles. The number of piperidine rings is 1. The number of hydrogen-bond acceptors (Lipinski definition) is 5. The maximum atomic E-state index is 12.9. The van der Waals surface area contributed by atoms with E-state index in [4.69, 9.17) is 4.74 Å². The van der Waals surface area contributed by atoms with Crippen molar-refractivity contribution in [3.05, 3.63) is 40.7 Å². The largest absolute Gasteiger partial charge is 0.466 e. The van der Waals surface area contributed by atoms with Gasteiger partial charge in [-0.25, -0.2) is 4.98 Å². The van der Waals surface area contributed by atoms with Gasteiger partial charge in [0.05, 0.1) is 23.7 Å². The minimum absolute atomic E-state index is 0.0506. The van der Waals surface area contributed by atoms with Crippen LogP contribution in [-0.4, -0.2) is 41.5 Å². The molecule has 0 aliphatic carbocycles. The van der Waals surface area contributed by atoms with Crippen molar-refractivity contribution in [2.24, 2.45) is 5.92 Å². The highest BCUT2D eigenvalue weighted by Gasteiger charge is 2.31. The Hall–Kier alpha value is -2.21. The number of aromatic nitrogens is 1. The fourth-order valence-electron chi connectivity index (χ4n) is 2.96. The Morgan fingerprint density at radius 1 is 1.33 bits per heavy atom. The Bertz CT molecular complexity index is 714. The van der Waals surface area contributed by atoms with Crippen LogP contribution < -0.4 is 0 Å². The molecule has 1 aliphatic rings. The summed E-state index contributed by atoms with van der Waals surface area (Å²) in [4.78, 5) is 31.6. The molecule has 1 aromatic carbocycles. The van der Waals surface area contributed by atoms with Gasteiger partial charge in [0.25, 0.3) is 5.91 Å². The van der Waals surface area contributed by atoms with Crippen LogP contribution in [0.25, 0.3) is 11.3 Å². The molecule has 1 fully saturated rings. The summed E-state index contributed by atoms with van der Waals surface area (Å²) in [6, 6.07) is 9.69. The Morgan fingerprint density at radius 3 is 2.88 bits per heavy atom. The van der Waals surface area contributed by atoms with Gasteiger partial charge in [-0.15, -0.1) is 11.3 Å². The molecular formula is C18H20N2O3S. The fraction of sp³-hybridized carbons (Fsp3) is 0.389. The van der Waals surface area contributed by atoms with E-state index in [0.717, 1.165) is 18.4 Å². The summed E-state index contributed by atoms with van der Waals surface area (Å²) >= 11 is 1.35. The molecular weight excluding hydrogens is 324 g/mol. The highest BCUT2D eigenvalue weighted by Crippen LogP contribution is 2.28. The first-order chi connectivity index (χ1) is 11.7. The maximum absolute atomic E-state index is 12.9. The molecule has 0 bridgehead atoms. The van der Waals surface area contributed by atoms with Gasteiger partial charge in [-0.05, 0) is 19.8 Å². The summed E-state index contributed by atoms with van der Waals surface area (Å²) in [5.41, 5.74) is 3.34. The highest BCUT2D eigenvalue weighted by atomic mass is 32.1. The smallest absolute Gasteiger partial charge is 0.310 e.